The molecule has 35 heavy (non-hydrogen) atoms. The maximum atomic E-state index is 3.70. The minimum atomic E-state index is 0. The molecule has 0 aliphatic rings. The molecule has 0 aliphatic carbocycles. The molecular weight excluding hydrogens is 446 g/mol. The third kappa shape index (κ3) is 16.1. The molecule has 0 amide bonds. The second-order valence-corrected chi connectivity index (χ2v) is 10.2. The van der Waals surface area contributed by atoms with E-state index in [0.29, 0.717) is 5.92 Å². The standard InChI is InChI=1S/C33H53N.ClH/c1-2-3-4-5-6-7-8-9-10-11-12-13-14-15-16-23-29-34-30-28-33(31-24-19-17-20-25-31)32-26-21-18-22-27-32;/h17-22,24-27,33-34H,2-16,23,28-30H2,1H3;1H. The summed E-state index contributed by atoms with van der Waals surface area (Å²) < 4.78 is 0. The van der Waals surface area contributed by atoms with Gasteiger partial charge in [0.25, 0.3) is 0 Å². The smallest absolute Gasteiger partial charge is 0.0101 e. The van der Waals surface area contributed by atoms with Gasteiger partial charge in [-0.1, -0.05) is 164 Å². The highest BCUT2D eigenvalue weighted by molar-refractivity contribution is 5.85. The van der Waals surface area contributed by atoms with E-state index < -0.39 is 0 Å². The van der Waals surface area contributed by atoms with E-state index in [9.17, 15) is 0 Å². The fourth-order valence-electron chi connectivity index (χ4n) is 5.07. The van der Waals surface area contributed by atoms with Gasteiger partial charge in [-0.3, -0.25) is 0 Å². The summed E-state index contributed by atoms with van der Waals surface area (Å²) in [7, 11) is 0. The van der Waals surface area contributed by atoms with Gasteiger partial charge in [0.2, 0.25) is 0 Å². The van der Waals surface area contributed by atoms with E-state index in [1.54, 1.807) is 0 Å². The number of nitrogens with one attached hydrogen (secondary N) is 1. The van der Waals surface area contributed by atoms with Gasteiger partial charge in [-0.15, -0.1) is 12.4 Å². The Labute approximate surface area is 224 Å². The molecule has 0 unspecified atom stereocenters. The number of rotatable bonds is 22. The molecule has 0 saturated carbocycles. The second kappa shape index (κ2) is 23.1. The van der Waals surface area contributed by atoms with E-state index >= 15 is 0 Å². The molecule has 198 valence electrons. The number of unbranched alkanes of at least 4 members (excludes halogenated alkanes) is 15. The van der Waals surface area contributed by atoms with Crippen LogP contribution in [0.15, 0.2) is 60.7 Å². The van der Waals surface area contributed by atoms with Gasteiger partial charge in [-0.05, 0) is 37.1 Å². The molecule has 0 fully saturated rings. The Hall–Kier alpha value is -1.31. The molecule has 0 aromatic heterocycles. The van der Waals surface area contributed by atoms with Crippen molar-refractivity contribution in [3.05, 3.63) is 71.8 Å². The first kappa shape index (κ1) is 31.7. The first-order valence-corrected chi connectivity index (χ1v) is 14.7. The van der Waals surface area contributed by atoms with E-state index in [4.69, 9.17) is 0 Å². The molecule has 2 heteroatoms. The Morgan fingerprint density at radius 1 is 0.486 bits per heavy atom. The third-order valence-corrected chi connectivity index (χ3v) is 7.22. The van der Waals surface area contributed by atoms with Gasteiger partial charge in [-0.2, -0.15) is 0 Å². The highest BCUT2D eigenvalue weighted by Crippen LogP contribution is 2.27. The molecule has 1 nitrogen and oxygen atoms in total. The van der Waals surface area contributed by atoms with Crippen LogP contribution < -0.4 is 5.32 Å². The van der Waals surface area contributed by atoms with Gasteiger partial charge in [-0.25, -0.2) is 0 Å². The lowest BCUT2D eigenvalue weighted by Gasteiger charge is -2.18. The monoisotopic (exact) mass is 499 g/mol. The lowest BCUT2D eigenvalue weighted by molar-refractivity contribution is 0.523. The van der Waals surface area contributed by atoms with E-state index in [1.165, 1.54) is 114 Å². The van der Waals surface area contributed by atoms with Crippen molar-refractivity contribution in [2.45, 2.75) is 122 Å². The van der Waals surface area contributed by atoms with Gasteiger partial charge < -0.3 is 5.32 Å². The van der Waals surface area contributed by atoms with Crippen LogP contribution in [0.1, 0.15) is 133 Å². The van der Waals surface area contributed by atoms with Gasteiger partial charge in [0.1, 0.15) is 0 Å². The van der Waals surface area contributed by atoms with Crippen LogP contribution in [0.3, 0.4) is 0 Å². The molecule has 0 heterocycles. The Balaban J connectivity index is 0.00000612. The normalized spacial score (nSPS) is 11.0. The summed E-state index contributed by atoms with van der Waals surface area (Å²) in [5, 5.41) is 3.70. The molecule has 0 aliphatic heterocycles. The Morgan fingerprint density at radius 3 is 1.26 bits per heavy atom. The number of halogens is 1. The number of hydrogen-bond acceptors (Lipinski definition) is 1. The first-order chi connectivity index (χ1) is 16.9. The van der Waals surface area contributed by atoms with E-state index in [2.05, 4.69) is 72.9 Å². The second-order valence-electron chi connectivity index (χ2n) is 10.2. The quantitative estimate of drug-likeness (QED) is 0.159. The summed E-state index contributed by atoms with van der Waals surface area (Å²) >= 11 is 0. The third-order valence-electron chi connectivity index (χ3n) is 7.22. The zero-order valence-electron chi connectivity index (χ0n) is 22.7. The summed E-state index contributed by atoms with van der Waals surface area (Å²) in [5.74, 6) is 0.487. The van der Waals surface area contributed by atoms with Crippen molar-refractivity contribution in [1.82, 2.24) is 5.32 Å². The van der Waals surface area contributed by atoms with Crippen molar-refractivity contribution in [3.8, 4) is 0 Å². The molecule has 0 bridgehead atoms. The summed E-state index contributed by atoms with van der Waals surface area (Å²) in [6.45, 7) is 4.55. The molecule has 2 rings (SSSR count). The van der Waals surface area contributed by atoms with Gasteiger partial charge >= 0.3 is 0 Å². The molecule has 2 aromatic carbocycles. The average molecular weight is 500 g/mol. The Kier molecular flexibility index (Phi) is 20.9. The zero-order chi connectivity index (χ0) is 23.9. The highest BCUT2D eigenvalue weighted by Gasteiger charge is 2.13. The first-order valence-electron chi connectivity index (χ1n) is 14.7. The zero-order valence-corrected chi connectivity index (χ0v) is 23.5. The van der Waals surface area contributed by atoms with Gasteiger partial charge in [0.15, 0.2) is 0 Å². The fraction of sp³-hybridized carbons (Fsp3) is 0.636. The topological polar surface area (TPSA) is 12.0 Å². The van der Waals surface area contributed by atoms with Crippen LogP contribution in [0.5, 0.6) is 0 Å². The summed E-state index contributed by atoms with van der Waals surface area (Å²) in [4.78, 5) is 0. The molecule has 1 N–H and O–H groups in total. The van der Waals surface area contributed by atoms with Gasteiger partial charge in [0, 0.05) is 5.92 Å². The molecule has 0 spiro atoms. The summed E-state index contributed by atoms with van der Waals surface area (Å²) in [6.07, 6.45) is 24.1. The lowest BCUT2D eigenvalue weighted by Crippen LogP contribution is -2.19. The van der Waals surface area contributed by atoms with Crippen molar-refractivity contribution in [2.24, 2.45) is 0 Å². The van der Waals surface area contributed by atoms with Crippen LogP contribution in [-0.4, -0.2) is 13.1 Å². The van der Waals surface area contributed by atoms with Gasteiger partial charge in [0.05, 0.1) is 0 Å². The van der Waals surface area contributed by atoms with Crippen LogP contribution >= 0.6 is 12.4 Å². The number of benzene rings is 2. The van der Waals surface area contributed by atoms with Crippen molar-refractivity contribution in [2.75, 3.05) is 13.1 Å². The molecule has 0 radical (unpaired) electrons. The van der Waals surface area contributed by atoms with E-state index in [1.807, 2.05) is 0 Å². The molecule has 0 saturated heterocycles. The maximum Gasteiger partial charge on any atom is 0.0101 e. The maximum absolute atomic E-state index is 3.70. The van der Waals surface area contributed by atoms with E-state index in [0.717, 1.165) is 19.5 Å². The molecule has 0 atom stereocenters. The summed E-state index contributed by atoms with van der Waals surface area (Å²) in [6, 6.07) is 22.0. The van der Waals surface area contributed by atoms with Crippen LogP contribution in [0.2, 0.25) is 0 Å². The lowest BCUT2D eigenvalue weighted by atomic mass is 9.88. The van der Waals surface area contributed by atoms with Crippen LogP contribution in [-0.2, 0) is 0 Å². The SMILES string of the molecule is CCCCCCCCCCCCCCCCCCNCCC(c1ccccc1)c1ccccc1.Cl. The average Bonchev–Trinajstić information content (AvgIpc) is 2.88. The van der Waals surface area contributed by atoms with Crippen LogP contribution in [0, 0.1) is 0 Å². The van der Waals surface area contributed by atoms with E-state index in [-0.39, 0.29) is 12.4 Å². The van der Waals surface area contributed by atoms with Crippen LogP contribution in [0.25, 0.3) is 0 Å². The Bertz CT molecular complexity index is 633. The predicted molar refractivity (Wildman–Crippen MR) is 159 cm³/mol. The Morgan fingerprint density at radius 2 is 0.857 bits per heavy atom. The molecular formula is C33H54ClN. The van der Waals surface area contributed by atoms with Crippen molar-refractivity contribution >= 4 is 12.4 Å². The number of hydrogen-bond donors (Lipinski definition) is 1. The van der Waals surface area contributed by atoms with Crippen molar-refractivity contribution in [1.29, 1.82) is 0 Å². The fourth-order valence-corrected chi connectivity index (χ4v) is 5.07. The molecule has 2 aromatic rings. The van der Waals surface area contributed by atoms with Crippen molar-refractivity contribution < 1.29 is 0 Å². The predicted octanol–water partition coefficient (Wildman–Crippen LogP) is 10.5. The van der Waals surface area contributed by atoms with Crippen molar-refractivity contribution in [3.63, 3.8) is 0 Å². The highest BCUT2D eigenvalue weighted by atomic mass is 35.5. The minimum absolute atomic E-state index is 0. The minimum Gasteiger partial charge on any atom is -0.317 e. The largest absolute Gasteiger partial charge is 0.317 e. The van der Waals surface area contributed by atoms with Crippen LogP contribution in [0.4, 0.5) is 0 Å². The summed E-state index contributed by atoms with van der Waals surface area (Å²) in [5.41, 5.74) is 2.86.